The highest BCUT2D eigenvalue weighted by Crippen LogP contribution is 2.61. The summed E-state index contributed by atoms with van der Waals surface area (Å²) in [6, 6.07) is 0. The Bertz CT molecular complexity index is 392. The zero-order valence-corrected chi connectivity index (χ0v) is 10.4. The van der Waals surface area contributed by atoms with Crippen molar-refractivity contribution in [1.29, 1.82) is 0 Å². The fourth-order valence-corrected chi connectivity index (χ4v) is 4.74. The molecule has 18 heavy (non-hydrogen) atoms. The third-order valence-electron chi connectivity index (χ3n) is 4.81. The molecule has 0 heterocycles. The van der Waals surface area contributed by atoms with E-state index in [0.717, 1.165) is 32.1 Å². The fraction of sp³-hybridized carbons (Fsp3) is 0.846. The molecule has 0 radical (unpaired) electrons. The van der Waals surface area contributed by atoms with E-state index in [-0.39, 0.29) is 12.6 Å². The summed E-state index contributed by atoms with van der Waals surface area (Å²) in [7, 11) is 0. The summed E-state index contributed by atoms with van der Waals surface area (Å²) in [5.74, 6) is -0.115. The van der Waals surface area contributed by atoms with Gasteiger partial charge in [0.1, 0.15) is 0 Å². The molecule has 0 aromatic rings. The minimum atomic E-state index is -0.685. The third kappa shape index (κ3) is 1.81. The van der Waals surface area contributed by atoms with E-state index in [1.165, 1.54) is 0 Å². The maximum absolute atomic E-state index is 12.2. The molecule has 2 unspecified atom stereocenters. The molecular formula is C13H19NO4. The van der Waals surface area contributed by atoms with Crippen LogP contribution in [-0.2, 0) is 14.3 Å². The maximum Gasteiger partial charge on any atom is 0.312 e. The molecule has 100 valence electrons. The Balaban J connectivity index is 1.78. The van der Waals surface area contributed by atoms with Crippen LogP contribution in [0.2, 0.25) is 0 Å². The van der Waals surface area contributed by atoms with Crippen LogP contribution in [0.15, 0.2) is 0 Å². The molecule has 5 nitrogen and oxygen atoms in total. The molecule has 4 fully saturated rings. The number of aliphatic hydroxyl groups is 1. The molecule has 0 saturated heterocycles. The van der Waals surface area contributed by atoms with Gasteiger partial charge in [-0.25, -0.2) is 0 Å². The highest BCUT2D eigenvalue weighted by molar-refractivity contribution is 5.82. The fourth-order valence-electron chi connectivity index (χ4n) is 4.74. The van der Waals surface area contributed by atoms with Crippen LogP contribution in [0.25, 0.3) is 0 Å². The number of carbonyl (C=O) groups excluding carboxylic acids is 2. The van der Waals surface area contributed by atoms with Gasteiger partial charge in [0.15, 0.2) is 6.61 Å². The van der Waals surface area contributed by atoms with Crippen molar-refractivity contribution in [3.05, 3.63) is 0 Å². The van der Waals surface area contributed by atoms with E-state index in [0.29, 0.717) is 18.3 Å². The van der Waals surface area contributed by atoms with E-state index >= 15 is 0 Å². The van der Waals surface area contributed by atoms with Gasteiger partial charge in [0.05, 0.1) is 11.0 Å². The summed E-state index contributed by atoms with van der Waals surface area (Å²) in [5, 5.41) is 10.5. The molecule has 0 aliphatic heterocycles. The number of primary amides is 1. The molecular weight excluding hydrogens is 234 g/mol. The number of esters is 1. The molecule has 1 amide bonds. The Morgan fingerprint density at radius 3 is 2.33 bits per heavy atom. The first-order valence-corrected chi connectivity index (χ1v) is 6.59. The second-order valence-electron chi connectivity index (χ2n) is 6.51. The van der Waals surface area contributed by atoms with Crippen molar-refractivity contribution in [2.24, 2.45) is 23.0 Å². The first-order chi connectivity index (χ1) is 8.41. The molecule has 4 aliphatic carbocycles. The molecule has 0 aromatic heterocycles. The van der Waals surface area contributed by atoms with Gasteiger partial charge < -0.3 is 15.6 Å². The molecule has 5 heteroatoms. The van der Waals surface area contributed by atoms with E-state index in [1.54, 1.807) is 0 Å². The van der Waals surface area contributed by atoms with E-state index < -0.39 is 16.9 Å². The summed E-state index contributed by atoms with van der Waals surface area (Å²) in [4.78, 5) is 22.9. The SMILES string of the molecule is NC(=O)COC(=O)C12C[C@@H]3C[C@@H](CC(O)(C3)C1)C2. The Kier molecular flexibility index (Phi) is 2.46. The van der Waals surface area contributed by atoms with Gasteiger partial charge in [-0.1, -0.05) is 0 Å². The monoisotopic (exact) mass is 253 g/mol. The second kappa shape index (κ2) is 3.70. The van der Waals surface area contributed by atoms with Crippen molar-refractivity contribution in [1.82, 2.24) is 0 Å². The van der Waals surface area contributed by atoms with Gasteiger partial charge in [0.25, 0.3) is 5.91 Å². The van der Waals surface area contributed by atoms with Crippen LogP contribution in [0.3, 0.4) is 0 Å². The molecule has 4 saturated carbocycles. The van der Waals surface area contributed by atoms with Crippen LogP contribution in [0, 0.1) is 17.3 Å². The van der Waals surface area contributed by atoms with Crippen LogP contribution < -0.4 is 5.73 Å². The molecule has 0 aromatic carbocycles. The van der Waals surface area contributed by atoms with Crippen LogP contribution in [0.4, 0.5) is 0 Å². The van der Waals surface area contributed by atoms with Crippen molar-refractivity contribution >= 4 is 11.9 Å². The van der Waals surface area contributed by atoms with Crippen LogP contribution in [-0.4, -0.2) is 29.2 Å². The lowest BCUT2D eigenvalue weighted by Gasteiger charge is -2.58. The van der Waals surface area contributed by atoms with Gasteiger partial charge in [-0.15, -0.1) is 0 Å². The van der Waals surface area contributed by atoms with E-state index in [2.05, 4.69) is 0 Å². The van der Waals surface area contributed by atoms with Crippen molar-refractivity contribution in [3.8, 4) is 0 Å². The molecule has 4 atom stereocenters. The summed E-state index contributed by atoms with van der Waals surface area (Å²) in [6.45, 7) is -0.353. The number of hydrogen-bond donors (Lipinski definition) is 2. The number of ether oxygens (including phenoxy) is 1. The number of nitrogens with two attached hydrogens (primary N) is 1. The van der Waals surface area contributed by atoms with Gasteiger partial charge in [-0.2, -0.15) is 0 Å². The normalized spacial score (nSPS) is 44.9. The average Bonchev–Trinajstić information content (AvgIpc) is 2.22. The lowest BCUT2D eigenvalue weighted by Crippen LogP contribution is -2.58. The van der Waals surface area contributed by atoms with E-state index in [4.69, 9.17) is 10.5 Å². The topological polar surface area (TPSA) is 89.6 Å². The Morgan fingerprint density at radius 1 is 1.22 bits per heavy atom. The van der Waals surface area contributed by atoms with Gasteiger partial charge in [-0.05, 0) is 50.4 Å². The third-order valence-corrected chi connectivity index (χ3v) is 4.81. The van der Waals surface area contributed by atoms with Crippen LogP contribution >= 0.6 is 0 Å². The predicted octanol–water partition coefficient (Wildman–Crippen LogP) is 0.346. The van der Waals surface area contributed by atoms with Crippen molar-refractivity contribution in [3.63, 3.8) is 0 Å². The molecule has 4 aliphatic rings. The first kappa shape index (κ1) is 12.0. The smallest absolute Gasteiger partial charge is 0.312 e. The quantitative estimate of drug-likeness (QED) is 0.710. The first-order valence-electron chi connectivity index (χ1n) is 6.59. The van der Waals surface area contributed by atoms with Gasteiger partial charge in [0.2, 0.25) is 0 Å². The number of hydrogen-bond acceptors (Lipinski definition) is 4. The largest absolute Gasteiger partial charge is 0.455 e. The van der Waals surface area contributed by atoms with Crippen LogP contribution in [0.5, 0.6) is 0 Å². The second-order valence-corrected chi connectivity index (χ2v) is 6.51. The van der Waals surface area contributed by atoms with E-state index in [9.17, 15) is 14.7 Å². The van der Waals surface area contributed by atoms with Crippen LogP contribution in [0.1, 0.15) is 38.5 Å². The number of carbonyl (C=O) groups is 2. The number of rotatable bonds is 3. The molecule has 0 spiro atoms. The van der Waals surface area contributed by atoms with Gasteiger partial charge >= 0.3 is 5.97 Å². The van der Waals surface area contributed by atoms with Crippen molar-refractivity contribution in [2.45, 2.75) is 44.1 Å². The standard InChI is InChI=1S/C13H19NO4/c14-10(15)6-18-11(16)12-2-8-1-9(3-12)5-13(17,4-8)7-12/h8-9,17H,1-7H2,(H2,14,15)/t8-,9+,12?,13?. The van der Waals surface area contributed by atoms with Gasteiger partial charge in [0, 0.05) is 0 Å². The Labute approximate surface area is 106 Å². The lowest BCUT2D eigenvalue weighted by atomic mass is 9.48. The summed E-state index contributed by atoms with van der Waals surface area (Å²) >= 11 is 0. The highest BCUT2D eigenvalue weighted by Gasteiger charge is 2.60. The zero-order chi connectivity index (χ0) is 13.0. The maximum atomic E-state index is 12.2. The van der Waals surface area contributed by atoms with Crippen molar-refractivity contribution in [2.75, 3.05) is 6.61 Å². The Morgan fingerprint density at radius 2 is 1.83 bits per heavy atom. The zero-order valence-electron chi connectivity index (χ0n) is 10.4. The average molecular weight is 253 g/mol. The minimum absolute atomic E-state index is 0.339. The van der Waals surface area contributed by atoms with E-state index in [1.807, 2.05) is 0 Å². The molecule has 3 N–H and O–H groups in total. The summed E-state index contributed by atoms with van der Waals surface area (Å²) in [5.41, 5.74) is 3.75. The molecule has 4 bridgehead atoms. The predicted molar refractivity (Wildman–Crippen MR) is 62.2 cm³/mol. The molecule has 4 rings (SSSR count). The Hall–Kier alpha value is -1.10. The minimum Gasteiger partial charge on any atom is -0.455 e. The lowest BCUT2D eigenvalue weighted by molar-refractivity contribution is -0.196. The summed E-state index contributed by atoms with van der Waals surface area (Å²) < 4.78 is 5.01. The van der Waals surface area contributed by atoms with Gasteiger partial charge in [-0.3, -0.25) is 9.59 Å². The number of amides is 1. The highest BCUT2D eigenvalue weighted by atomic mass is 16.5. The van der Waals surface area contributed by atoms with Crippen molar-refractivity contribution < 1.29 is 19.4 Å². The summed E-state index contributed by atoms with van der Waals surface area (Å²) in [6.07, 6.45) is 4.83.